The molecule has 2 heterocycles. The third-order valence-electron chi connectivity index (χ3n) is 3.92. The highest BCUT2D eigenvalue weighted by molar-refractivity contribution is 6.04. The van der Waals surface area contributed by atoms with E-state index in [1.54, 1.807) is 45.9 Å². The van der Waals surface area contributed by atoms with Gasteiger partial charge in [0.1, 0.15) is 16.7 Å². The Bertz CT molecular complexity index is 1010. The molecule has 3 aromatic rings. The number of H-pyrrole nitrogens is 1. The Balaban J connectivity index is 2.10. The molecule has 3 rings (SSSR count). The Morgan fingerprint density at radius 2 is 1.81 bits per heavy atom. The van der Waals surface area contributed by atoms with Gasteiger partial charge in [-0.1, -0.05) is 12.1 Å². The number of aryl methyl sites for hydroxylation is 1. The number of fused-ring (bicyclic) bond motifs is 1. The second kappa shape index (κ2) is 6.40. The first-order chi connectivity index (χ1) is 12.5. The highest BCUT2D eigenvalue weighted by atomic mass is 19.4. The molecule has 0 fully saturated rings. The second-order valence-corrected chi connectivity index (χ2v) is 7.30. The molecule has 0 saturated carbocycles. The number of aromatic nitrogens is 2. The van der Waals surface area contributed by atoms with E-state index >= 15 is 0 Å². The minimum absolute atomic E-state index is 0.286. The minimum atomic E-state index is -4.44. The van der Waals surface area contributed by atoms with E-state index in [9.17, 15) is 18.0 Å². The van der Waals surface area contributed by atoms with Crippen molar-refractivity contribution < 1.29 is 22.7 Å². The standard InChI is InChI=1S/C20H19F3N2O2/c1-11-16(18(26)27-19(2,3)4)17-15(24-11)9-8-14(25-17)12-6-5-7-13(10-12)20(21,22)23/h5-10,24H,1-4H3. The van der Waals surface area contributed by atoms with Crippen LogP contribution in [0.3, 0.4) is 0 Å². The van der Waals surface area contributed by atoms with Crippen LogP contribution in [0.25, 0.3) is 22.3 Å². The monoisotopic (exact) mass is 376 g/mol. The molecule has 2 aromatic heterocycles. The molecule has 4 nitrogen and oxygen atoms in total. The molecule has 0 aliphatic heterocycles. The lowest BCUT2D eigenvalue weighted by Crippen LogP contribution is -2.24. The van der Waals surface area contributed by atoms with E-state index in [1.165, 1.54) is 6.07 Å². The average Bonchev–Trinajstić information content (AvgIpc) is 2.87. The van der Waals surface area contributed by atoms with Crippen molar-refractivity contribution in [3.05, 3.63) is 53.2 Å². The van der Waals surface area contributed by atoms with Crippen molar-refractivity contribution in [2.24, 2.45) is 0 Å². The zero-order valence-electron chi connectivity index (χ0n) is 15.4. The van der Waals surface area contributed by atoms with Crippen molar-refractivity contribution in [1.29, 1.82) is 0 Å². The summed E-state index contributed by atoms with van der Waals surface area (Å²) in [7, 11) is 0. The smallest absolute Gasteiger partial charge is 0.416 e. The van der Waals surface area contributed by atoms with Crippen LogP contribution in [0.1, 0.15) is 42.4 Å². The van der Waals surface area contributed by atoms with E-state index in [4.69, 9.17) is 4.74 Å². The molecule has 1 N–H and O–H groups in total. The quantitative estimate of drug-likeness (QED) is 0.600. The molecule has 0 spiro atoms. The van der Waals surface area contributed by atoms with Gasteiger partial charge in [0.2, 0.25) is 0 Å². The maximum absolute atomic E-state index is 13.0. The zero-order valence-corrected chi connectivity index (χ0v) is 15.4. The van der Waals surface area contributed by atoms with Crippen LogP contribution >= 0.6 is 0 Å². The molecule has 0 unspecified atom stereocenters. The summed E-state index contributed by atoms with van der Waals surface area (Å²) in [5, 5.41) is 0. The number of nitrogens with zero attached hydrogens (tertiary/aromatic N) is 1. The van der Waals surface area contributed by atoms with Gasteiger partial charge in [0.15, 0.2) is 0 Å². The summed E-state index contributed by atoms with van der Waals surface area (Å²) in [6.45, 7) is 7.01. The average molecular weight is 376 g/mol. The van der Waals surface area contributed by atoms with Gasteiger partial charge in [-0.15, -0.1) is 0 Å². The molecule has 0 atom stereocenters. The van der Waals surface area contributed by atoms with Gasteiger partial charge in [0, 0.05) is 11.3 Å². The molecule has 1 aromatic carbocycles. The van der Waals surface area contributed by atoms with Crippen LogP contribution in [0.2, 0.25) is 0 Å². The number of hydrogen-bond acceptors (Lipinski definition) is 3. The van der Waals surface area contributed by atoms with Crippen LogP contribution in [0, 0.1) is 6.92 Å². The fourth-order valence-electron chi connectivity index (χ4n) is 2.79. The van der Waals surface area contributed by atoms with Gasteiger partial charge >= 0.3 is 12.1 Å². The summed E-state index contributed by atoms with van der Waals surface area (Å²) in [5.41, 5.74) is 1.10. The highest BCUT2D eigenvalue weighted by Crippen LogP contribution is 2.32. The van der Waals surface area contributed by atoms with Crippen LogP contribution in [0.4, 0.5) is 13.2 Å². The van der Waals surface area contributed by atoms with Gasteiger partial charge in [-0.3, -0.25) is 0 Å². The highest BCUT2D eigenvalue weighted by Gasteiger charge is 2.30. The minimum Gasteiger partial charge on any atom is -0.456 e. The van der Waals surface area contributed by atoms with Gasteiger partial charge in [-0.05, 0) is 52.0 Å². The van der Waals surface area contributed by atoms with Crippen LogP contribution in [0.15, 0.2) is 36.4 Å². The predicted molar refractivity (Wildman–Crippen MR) is 96.4 cm³/mol. The summed E-state index contributed by atoms with van der Waals surface area (Å²) in [6, 6.07) is 8.25. The molecule has 0 amide bonds. The van der Waals surface area contributed by atoms with Crippen molar-refractivity contribution in [1.82, 2.24) is 9.97 Å². The Hall–Kier alpha value is -2.83. The SMILES string of the molecule is Cc1[nH]c2ccc(-c3cccc(C(F)(F)F)c3)nc2c1C(=O)OC(C)(C)C. The summed E-state index contributed by atoms with van der Waals surface area (Å²) < 4.78 is 44.4. The molecule has 0 bridgehead atoms. The summed E-state index contributed by atoms with van der Waals surface area (Å²) in [6.07, 6.45) is -4.44. The summed E-state index contributed by atoms with van der Waals surface area (Å²) >= 11 is 0. The van der Waals surface area contributed by atoms with Crippen molar-refractivity contribution >= 4 is 17.0 Å². The van der Waals surface area contributed by atoms with Crippen molar-refractivity contribution in [3.8, 4) is 11.3 Å². The Morgan fingerprint density at radius 1 is 1.11 bits per heavy atom. The first-order valence-corrected chi connectivity index (χ1v) is 8.36. The van der Waals surface area contributed by atoms with E-state index in [0.29, 0.717) is 28.0 Å². The molecule has 0 saturated heterocycles. The van der Waals surface area contributed by atoms with E-state index in [0.717, 1.165) is 12.1 Å². The number of nitrogens with one attached hydrogen (secondary N) is 1. The molecule has 7 heteroatoms. The van der Waals surface area contributed by atoms with Crippen LogP contribution in [-0.4, -0.2) is 21.5 Å². The topological polar surface area (TPSA) is 55.0 Å². The second-order valence-electron chi connectivity index (χ2n) is 7.30. The lowest BCUT2D eigenvalue weighted by atomic mass is 10.1. The number of hydrogen-bond donors (Lipinski definition) is 1. The Labute approximate surface area is 154 Å². The van der Waals surface area contributed by atoms with E-state index in [-0.39, 0.29) is 5.56 Å². The third-order valence-corrected chi connectivity index (χ3v) is 3.92. The fourth-order valence-corrected chi connectivity index (χ4v) is 2.79. The normalized spacial score (nSPS) is 12.4. The number of carbonyl (C=O) groups is 1. The first-order valence-electron chi connectivity index (χ1n) is 8.36. The number of ether oxygens (including phenoxy) is 1. The van der Waals surface area contributed by atoms with E-state index in [2.05, 4.69) is 9.97 Å². The molecule has 27 heavy (non-hydrogen) atoms. The first kappa shape index (κ1) is 18.9. The van der Waals surface area contributed by atoms with Crippen molar-refractivity contribution in [3.63, 3.8) is 0 Å². The maximum atomic E-state index is 13.0. The van der Waals surface area contributed by atoms with Gasteiger partial charge in [-0.2, -0.15) is 13.2 Å². The van der Waals surface area contributed by atoms with Gasteiger partial charge in [-0.25, -0.2) is 9.78 Å². The molecule has 0 aliphatic carbocycles. The summed E-state index contributed by atoms with van der Waals surface area (Å²) in [5.74, 6) is -0.528. The number of rotatable bonds is 2. The lowest BCUT2D eigenvalue weighted by Gasteiger charge is -2.19. The number of pyridine rings is 1. The van der Waals surface area contributed by atoms with Gasteiger partial charge in [0.25, 0.3) is 0 Å². The van der Waals surface area contributed by atoms with E-state index in [1.807, 2.05) is 0 Å². The van der Waals surface area contributed by atoms with Gasteiger partial charge < -0.3 is 9.72 Å². The predicted octanol–water partition coefficient (Wildman–Crippen LogP) is 5.51. The molecular formula is C20H19F3N2O2. The van der Waals surface area contributed by atoms with Crippen molar-refractivity contribution in [2.45, 2.75) is 39.5 Å². The van der Waals surface area contributed by atoms with Crippen molar-refractivity contribution in [2.75, 3.05) is 0 Å². The van der Waals surface area contributed by atoms with Crippen LogP contribution < -0.4 is 0 Å². The van der Waals surface area contributed by atoms with Crippen LogP contribution in [-0.2, 0) is 10.9 Å². The number of halogens is 3. The van der Waals surface area contributed by atoms with Crippen LogP contribution in [0.5, 0.6) is 0 Å². The molecular weight excluding hydrogens is 357 g/mol. The fraction of sp³-hybridized carbons (Fsp3) is 0.300. The molecule has 0 aliphatic rings. The number of alkyl halides is 3. The van der Waals surface area contributed by atoms with E-state index < -0.39 is 23.3 Å². The Kier molecular flexibility index (Phi) is 4.49. The number of benzene rings is 1. The third kappa shape index (κ3) is 3.97. The largest absolute Gasteiger partial charge is 0.456 e. The zero-order chi connectivity index (χ0) is 20.0. The van der Waals surface area contributed by atoms with Gasteiger partial charge in [0.05, 0.1) is 16.8 Å². The Morgan fingerprint density at radius 3 is 2.44 bits per heavy atom. The molecule has 0 radical (unpaired) electrons. The number of esters is 1. The summed E-state index contributed by atoms with van der Waals surface area (Å²) in [4.78, 5) is 20.1. The molecule has 142 valence electrons. The number of carbonyl (C=O) groups excluding carboxylic acids is 1. The number of aromatic amines is 1. The maximum Gasteiger partial charge on any atom is 0.416 e. The lowest BCUT2D eigenvalue weighted by molar-refractivity contribution is -0.137.